The van der Waals surface area contributed by atoms with Gasteiger partial charge in [-0.1, -0.05) is 12.1 Å². The van der Waals surface area contributed by atoms with E-state index in [9.17, 15) is 13.6 Å². The summed E-state index contributed by atoms with van der Waals surface area (Å²) in [6.07, 6.45) is 1.73. The second kappa shape index (κ2) is 6.76. The molecule has 2 rings (SSSR count). The van der Waals surface area contributed by atoms with Crippen LogP contribution in [-0.4, -0.2) is 36.5 Å². The third-order valence-electron chi connectivity index (χ3n) is 3.59. The molecule has 1 fully saturated rings. The maximum Gasteiger partial charge on any atom is 0.231 e. The maximum atomic E-state index is 13.7. The summed E-state index contributed by atoms with van der Waals surface area (Å²) in [4.78, 5) is 13.0. The summed E-state index contributed by atoms with van der Waals surface area (Å²) < 4.78 is 27.0. The highest BCUT2D eigenvalue weighted by molar-refractivity contribution is 5.75. The molecule has 20 heavy (non-hydrogen) atoms. The lowest BCUT2D eigenvalue weighted by atomic mass is 10.0. The van der Waals surface area contributed by atoms with E-state index in [1.807, 2.05) is 4.90 Å². The Morgan fingerprint density at radius 3 is 2.70 bits per heavy atom. The lowest BCUT2D eigenvalue weighted by Gasteiger charge is -2.33. The predicted octanol–water partition coefficient (Wildman–Crippen LogP) is 1.00. The molecule has 1 saturated heterocycles. The SMILES string of the molecule is NC(=O)CN(Cc1cccc(F)c1F)C1CCNCC1. The molecule has 0 radical (unpaired) electrons. The number of benzene rings is 1. The molecule has 4 nitrogen and oxygen atoms in total. The van der Waals surface area contributed by atoms with Crippen molar-refractivity contribution in [2.24, 2.45) is 5.73 Å². The van der Waals surface area contributed by atoms with Gasteiger partial charge in [0.2, 0.25) is 5.91 Å². The topological polar surface area (TPSA) is 58.4 Å². The fraction of sp³-hybridized carbons (Fsp3) is 0.500. The number of rotatable bonds is 5. The fourth-order valence-corrected chi connectivity index (χ4v) is 2.58. The van der Waals surface area contributed by atoms with Crippen LogP contribution in [0.25, 0.3) is 0 Å². The Morgan fingerprint density at radius 2 is 2.05 bits per heavy atom. The average molecular weight is 283 g/mol. The lowest BCUT2D eigenvalue weighted by molar-refractivity contribution is -0.120. The highest BCUT2D eigenvalue weighted by atomic mass is 19.2. The van der Waals surface area contributed by atoms with Crippen molar-refractivity contribution in [1.82, 2.24) is 10.2 Å². The minimum atomic E-state index is -0.869. The van der Waals surface area contributed by atoms with Gasteiger partial charge in [0.05, 0.1) is 6.54 Å². The van der Waals surface area contributed by atoms with Gasteiger partial charge in [-0.2, -0.15) is 0 Å². The first-order valence-electron chi connectivity index (χ1n) is 6.74. The van der Waals surface area contributed by atoms with Crippen LogP contribution in [0.1, 0.15) is 18.4 Å². The Bertz CT molecular complexity index is 475. The van der Waals surface area contributed by atoms with Crippen LogP contribution in [-0.2, 0) is 11.3 Å². The number of piperidine rings is 1. The first-order chi connectivity index (χ1) is 9.58. The van der Waals surface area contributed by atoms with Crippen molar-refractivity contribution in [1.29, 1.82) is 0 Å². The van der Waals surface area contributed by atoms with Crippen LogP contribution in [0.3, 0.4) is 0 Å². The van der Waals surface area contributed by atoms with Crippen molar-refractivity contribution < 1.29 is 13.6 Å². The van der Waals surface area contributed by atoms with Gasteiger partial charge in [0.1, 0.15) is 0 Å². The number of carbonyl (C=O) groups excluding carboxylic acids is 1. The first-order valence-corrected chi connectivity index (χ1v) is 6.74. The van der Waals surface area contributed by atoms with E-state index in [0.717, 1.165) is 32.0 Å². The number of nitrogens with two attached hydrogens (primary N) is 1. The van der Waals surface area contributed by atoms with E-state index < -0.39 is 17.5 Å². The van der Waals surface area contributed by atoms with Crippen LogP contribution in [0.2, 0.25) is 0 Å². The Hall–Kier alpha value is -1.53. The van der Waals surface area contributed by atoms with E-state index in [1.54, 1.807) is 0 Å². The van der Waals surface area contributed by atoms with Crippen molar-refractivity contribution >= 4 is 5.91 Å². The zero-order valence-corrected chi connectivity index (χ0v) is 11.2. The average Bonchev–Trinajstić information content (AvgIpc) is 2.43. The maximum absolute atomic E-state index is 13.7. The van der Waals surface area contributed by atoms with Crippen molar-refractivity contribution in [3.8, 4) is 0 Å². The molecule has 0 aliphatic carbocycles. The third-order valence-corrected chi connectivity index (χ3v) is 3.59. The predicted molar refractivity (Wildman–Crippen MR) is 71.9 cm³/mol. The molecule has 1 aromatic carbocycles. The van der Waals surface area contributed by atoms with Crippen LogP contribution >= 0.6 is 0 Å². The molecule has 1 aliphatic heterocycles. The minimum absolute atomic E-state index is 0.0562. The van der Waals surface area contributed by atoms with Crippen LogP contribution < -0.4 is 11.1 Å². The quantitative estimate of drug-likeness (QED) is 0.848. The summed E-state index contributed by atoms with van der Waals surface area (Å²) in [5.74, 6) is -2.18. The summed E-state index contributed by atoms with van der Waals surface area (Å²) in [5.41, 5.74) is 5.51. The number of nitrogens with zero attached hydrogens (tertiary/aromatic N) is 1. The third kappa shape index (κ3) is 3.74. The molecule has 0 atom stereocenters. The Balaban J connectivity index is 2.14. The molecule has 110 valence electrons. The molecule has 1 heterocycles. The molecule has 1 amide bonds. The molecule has 0 unspecified atom stereocenters. The first kappa shape index (κ1) is 14.9. The highest BCUT2D eigenvalue weighted by Crippen LogP contribution is 2.18. The van der Waals surface area contributed by atoms with E-state index in [0.29, 0.717) is 0 Å². The van der Waals surface area contributed by atoms with Gasteiger partial charge in [0.15, 0.2) is 11.6 Å². The van der Waals surface area contributed by atoms with E-state index >= 15 is 0 Å². The molecule has 0 aromatic heterocycles. The normalized spacial score (nSPS) is 16.6. The van der Waals surface area contributed by atoms with Gasteiger partial charge in [-0.25, -0.2) is 8.78 Å². The number of hydrogen-bond donors (Lipinski definition) is 2. The van der Waals surface area contributed by atoms with Gasteiger partial charge in [0.25, 0.3) is 0 Å². The van der Waals surface area contributed by atoms with Crippen molar-refractivity contribution in [3.63, 3.8) is 0 Å². The summed E-state index contributed by atoms with van der Waals surface area (Å²) in [5, 5.41) is 3.23. The molecular weight excluding hydrogens is 264 g/mol. The monoisotopic (exact) mass is 283 g/mol. The molecule has 6 heteroatoms. The van der Waals surface area contributed by atoms with Crippen LogP contribution in [0, 0.1) is 11.6 Å². The van der Waals surface area contributed by atoms with Crippen LogP contribution in [0.5, 0.6) is 0 Å². The van der Waals surface area contributed by atoms with Gasteiger partial charge in [-0.3, -0.25) is 9.69 Å². The molecule has 3 N–H and O–H groups in total. The van der Waals surface area contributed by atoms with E-state index in [-0.39, 0.29) is 24.7 Å². The van der Waals surface area contributed by atoms with Crippen molar-refractivity contribution in [2.45, 2.75) is 25.4 Å². The van der Waals surface area contributed by atoms with Gasteiger partial charge in [-0.15, -0.1) is 0 Å². The van der Waals surface area contributed by atoms with E-state index in [2.05, 4.69) is 5.32 Å². The summed E-state index contributed by atoms with van der Waals surface area (Å²) >= 11 is 0. The van der Waals surface area contributed by atoms with Crippen LogP contribution in [0.4, 0.5) is 8.78 Å². The summed E-state index contributed by atoms with van der Waals surface area (Å²) in [6.45, 7) is 1.95. The zero-order valence-electron chi connectivity index (χ0n) is 11.2. The zero-order chi connectivity index (χ0) is 14.5. The Kier molecular flexibility index (Phi) is 5.03. The Morgan fingerprint density at radius 1 is 1.35 bits per heavy atom. The standard InChI is InChI=1S/C14H19F2N3O/c15-12-3-1-2-10(14(12)16)8-19(9-13(17)20)11-4-6-18-7-5-11/h1-3,11,18H,4-9H2,(H2,17,20). The molecular formula is C14H19F2N3O. The van der Waals surface area contributed by atoms with E-state index in [4.69, 9.17) is 5.73 Å². The number of primary amides is 1. The number of carbonyl (C=O) groups is 1. The molecule has 1 aromatic rings. The highest BCUT2D eigenvalue weighted by Gasteiger charge is 2.23. The molecule has 0 saturated carbocycles. The summed E-state index contributed by atoms with van der Waals surface area (Å²) in [7, 11) is 0. The second-order valence-electron chi connectivity index (χ2n) is 5.07. The van der Waals surface area contributed by atoms with Crippen LogP contribution in [0.15, 0.2) is 18.2 Å². The number of amides is 1. The summed E-state index contributed by atoms with van der Waals surface area (Å²) in [6, 6.07) is 4.25. The van der Waals surface area contributed by atoms with Gasteiger partial charge < -0.3 is 11.1 Å². The molecule has 0 spiro atoms. The number of halogens is 2. The van der Waals surface area contributed by atoms with Crippen molar-refractivity contribution in [2.75, 3.05) is 19.6 Å². The van der Waals surface area contributed by atoms with Gasteiger partial charge >= 0.3 is 0 Å². The fourth-order valence-electron chi connectivity index (χ4n) is 2.58. The van der Waals surface area contributed by atoms with Gasteiger partial charge in [-0.05, 0) is 32.0 Å². The Labute approximate surface area is 116 Å². The number of nitrogens with one attached hydrogen (secondary N) is 1. The smallest absolute Gasteiger partial charge is 0.231 e. The largest absolute Gasteiger partial charge is 0.369 e. The van der Waals surface area contributed by atoms with Crippen molar-refractivity contribution in [3.05, 3.63) is 35.4 Å². The number of hydrogen-bond acceptors (Lipinski definition) is 3. The van der Waals surface area contributed by atoms with Gasteiger partial charge in [0, 0.05) is 18.2 Å². The minimum Gasteiger partial charge on any atom is -0.369 e. The molecule has 1 aliphatic rings. The second-order valence-corrected chi connectivity index (χ2v) is 5.07. The van der Waals surface area contributed by atoms with E-state index in [1.165, 1.54) is 12.1 Å². The lowest BCUT2D eigenvalue weighted by Crippen LogP contribution is -2.46. The molecule has 0 bridgehead atoms.